The zero-order chi connectivity index (χ0) is 14.4. The molecular weight excluding hydrogens is 268 g/mol. The minimum atomic E-state index is -0.184. The lowest BCUT2D eigenvalue weighted by molar-refractivity contribution is 0.315. The van der Waals surface area contributed by atoms with Gasteiger partial charge in [0.15, 0.2) is 0 Å². The number of aromatic nitrogens is 1. The monoisotopic (exact) mass is 288 g/mol. The Hall–Kier alpha value is -1.52. The number of nitrogens with two attached hydrogens (primary N) is 1. The molecule has 0 fully saturated rings. The third-order valence-electron chi connectivity index (χ3n) is 3.04. The van der Waals surface area contributed by atoms with Gasteiger partial charge in [-0.25, -0.2) is 0 Å². The average molecular weight is 288 g/mol. The fourth-order valence-electron chi connectivity index (χ4n) is 2.01. The summed E-state index contributed by atoms with van der Waals surface area (Å²) in [5.74, 6) is 0.779. The van der Waals surface area contributed by atoms with Crippen LogP contribution in [0.5, 0.6) is 5.75 Å². The molecule has 3 nitrogen and oxygen atoms in total. The number of ether oxygens (including phenoxy) is 1. The number of nitrogens with zero attached hydrogens (tertiary/aromatic N) is 1. The van der Waals surface area contributed by atoms with Gasteiger partial charge in [0.1, 0.15) is 5.75 Å². The van der Waals surface area contributed by atoms with Crippen molar-refractivity contribution in [3.05, 3.63) is 53.9 Å². The molecule has 106 valence electrons. The molecule has 0 saturated carbocycles. The third-order valence-corrected chi connectivity index (χ3v) is 3.85. The number of rotatable bonds is 6. The van der Waals surface area contributed by atoms with Crippen molar-refractivity contribution in [1.82, 2.24) is 4.98 Å². The molecule has 1 aromatic heterocycles. The lowest BCUT2D eigenvalue weighted by atomic mass is 10.0. The van der Waals surface area contributed by atoms with Gasteiger partial charge in [-0.05, 0) is 35.9 Å². The van der Waals surface area contributed by atoms with Gasteiger partial charge in [0, 0.05) is 11.1 Å². The number of benzene rings is 1. The van der Waals surface area contributed by atoms with Crippen molar-refractivity contribution in [2.45, 2.75) is 24.3 Å². The summed E-state index contributed by atoms with van der Waals surface area (Å²) in [6, 6.07) is 9.99. The van der Waals surface area contributed by atoms with Gasteiger partial charge < -0.3 is 10.5 Å². The summed E-state index contributed by atoms with van der Waals surface area (Å²) in [6.45, 7) is 2.78. The van der Waals surface area contributed by atoms with Gasteiger partial charge in [-0.2, -0.15) is 0 Å². The fraction of sp³-hybridized carbons (Fsp3) is 0.312. The first kappa shape index (κ1) is 14.9. The lowest BCUT2D eigenvalue weighted by Gasteiger charge is -2.16. The molecule has 0 amide bonds. The van der Waals surface area contributed by atoms with Crippen LogP contribution >= 0.6 is 11.8 Å². The Balaban J connectivity index is 2.26. The van der Waals surface area contributed by atoms with Gasteiger partial charge in [0.25, 0.3) is 0 Å². The molecule has 0 radical (unpaired) electrons. The standard InChI is InChI=1S/C16H20N2OS/c1-3-8-19-13-9-12(10-18-11-13)16(17)14-6-4-5-7-15(14)20-2/h4-7,9-11,16H,3,8,17H2,1-2H3. The van der Waals surface area contributed by atoms with Crippen molar-refractivity contribution < 1.29 is 4.74 Å². The average Bonchev–Trinajstić information content (AvgIpc) is 2.52. The quantitative estimate of drug-likeness (QED) is 0.824. The van der Waals surface area contributed by atoms with Crippen LogP contribution in [0.3, 0.4) is 0 Å². The Morgan fingerprint density at radius 1 is 1.30 bits per heavy atom. The molecule has 2 aromatic rings. The minimum Gasteiger partial charge on any atom is -0.492 e. The van der Waals surface area contributed by atoms with E-state index < -0.39 is 0 Å². The number of hydrogen-bond acceptors (Lipinski definition) is 4. The van der Waals surface area contributed by atoms with Gasteiger partial charge in [-0.1, -0.05) is 25.1 Å². The molecule has 0 aliphatic rings. The molecule has 0 spiro atoms. The van der Waals surface area contributed by atoms with Crippen LogP contribution in [-0.2, 0) is 0 Å². The van der Waals surface area contributed by atoms with Crippen LogP contribution < -0.4 is 10.5 Å². The molecule has 1 heterocycles. The number of thioether (sulfide) groups is 1. The van der Waals surface area contributed by atoms with Crippen LogP contribution in [0.25, 0.3) is 0 Å². The van der Waals surface area contributed by atoms with Crippen molar-refractivity contribution in [2.75, 3.05) is 12.9 Å². The van der Waals surface area contributed by atoms with Crippen molar-refractivity contribution in [1.29, 1.82) is 0 Å². The van der Waals surface area contributed by atoms with Gasteiger partial charge in [-0.15, -0.1) is 11.8 Å². The second kappa shape index (κ2) is 7.31. The zero-order valence-corrected chi connectivity index (χ0v) is 12.7. The summed E-state index contributed by atoms with van der Waals surface area (Å²) < 4.78 is 5.62. The van der Waals surface area contributed by atoms with E-state index >= 15 is 0 Å². The highest BCUT2D eigenvalue weighted by atomic mass is 32.2. The molecule has 0 saturated heterocycles. The van der Waals surface area contributed by atoms with Crippen molar-refractivity contribution in [3.8, 4) is 5.75 Å². The van der Waals surface area contributed by atoms with Crippen LogP contribution in [0.2, 0.25) is 0 Å². The number of hydrogen-bond donors (Lipinski definition) is 1. The first-order chi connectivity index (χ1) is 9.76. The Kier molecular flexibility index (Phi) is 5.44. The van der Waals surface area contributed by atoms with E-state index in [1.165, 1.54) is 4.90 Å². The van der Waals surface area contributed by atoms with Gasteiger partial charge >= 0.3 is 0 Å². The lowest BCUT2D eigenvalue weighted by Crippen LogP contribution is -2.13. The van der Waals surface area contributed by atoms with Crippen LogP contribution in [0, 0.1) is 0 Å². The maximum Gasteiger partial charge on any atom is 0.137 e. The van der Waals surface area contributed by atoms with E-state index in [1.54, 1.807) is 24.2 Å². The fourth-order valence-corrected chi connectivity index (χ4v) is 2.65. The molecule has 0 aliphatic heterocycles. The molecule has 0 bridgehead atoms. The van der Waals surface area contributed by atoms with E-state index in [9.17, 15) is 0 Å². The van der Waals surface area contributed by atoms with Crippen molar-refractivity contribution >= 4 is 11.8 Å². The van der Waals surface area contributed by atoms with E-state index in [0.29, 0.717) is 6.61 Å². The smallest absolute Gasteiger partial charge is 0.137 e. The van der Waals surface area contributed by atoms with Crippen LogP contribution in [0.15, 0.2) is 47.6 Å². The first-order valence-corrected chi connectivity index (χ1v) is 7.95. The predicted molar refractivity (Wildman–Crippen MR) is 84.3 cm³/mol. The normalized spacial score (nSPS) is 12.2. The largest absolute Gasteiger partial charge is 0.492 e. The second-order valence-electron chi connectivity index (χ2n) is 4.52. The van der Waals surface area contributed by atoms with E-state index in [-0.39, 0.29) is 6.04 Å². The molecule has 1 aromatic carbocycles. The Morgan fingerprint density at radius 2 is 2.10 bits per heavy atom. The first-order valence-electron chi connectivity index (χ1n) is 6.72. The number of pyridine rings is 1. The van der Waals surface area contributed by atoms with Crippen molar-refractivity contribution in [3.63, 3.8) is 0 Å². The molecule has 4 heteroatoms. The Bertz CT molecular complexity index is 560. The molecule has 2 rings (SSSR count). The summed E-state index contributed by atoms with van der Waals surface area (Å²) in [5, 5.41) is 0. The second-order valence-corrected chi connectivity index (χ2v) is 5.37. The molecule has 0 aliphatic carbocycles. The van der Waals surface area contributed by atoms with E-state index in [0.717, 1.165) is 23.3 Å². The van der Waals surface area contributed by atoms with Gasteiger partial charge in [-0.3, -0.25) is 4.98 Å². The topological polar surface area (TPSA) is 48.1 Å². The Morgan fingerprint density at radius 3 is 2.85 bits per heavy atom. The highest BCUT2D eigenvalue weighted by Gasteiger charge is 2.13. The summed E-state index contributed by atoms with van der Waals surface area (Å²) >= 11 is 1.70. The maximum absolute atomic E-state index is 6.38. The maximum atomic E-state index is 6.38. The molecule has 1 unspecified atom stereocenters. The summed E-state index contributed by atoms with van der Waals surface area (Å²) in [5.41, 5.74) is 8.47. The highest BCUT2D eigenvalue weighted by Crippen LogP contribution is 2.29. The van der Waals surface area contributed by atoms with Gasteiger partial charge in [0.2, 0.25) is 0 Å². The summed E-state index contributed by atoms with van der Waals surface area (Å²) in [4.78, 5) is 5.42. The molecular formula is C16H20N2OS. The summed E-state index contributed by atoms with van der Waals surface area (Å²) in [6.07, 6.45) is 6.57. The molecule has 2 N–H and O–H groups in total. The molecule has 1 atom stereocenters. The Labute approximate surface area is 124 Å². The van der Waals surface area contributed by atoms with Gasteiger partial charge in [0.05, 0.1) is 18.8 Å². The SMILES string of the molecule is CCCOc1cncc(C(N)c2ccccc2SC)c1. The van der Waals surface area contributed by atoms with Crippen LogP contribution in [0.1, 0.15) is 30.5 Å². The summed E-state index contributed by atoms with van der Waals surface area (Å²) in [7, 11) is 0. The van der Waals surface area contributed by atoms with Crippen LogP contribution in [-0.4, -0.2) is 17.8 Å². The third kappa shape index (κ3) is 3.52. The zero-order valence-electron chi connectivity index (χ0n) is 11.9. The highest BCUT2D eigenvalue weighted by molar-refractivity contribution is 7.98. The molecule has 20 heavy (non-hydrogen) atoms. The van der Waals surface area contributed by atoms with E-state index in [1.807, 2.05) is 18.2 Å². The van der Waals surface area contributed by atoms with Crippen LogP contribution in [0.4, 0.5) is 0 Å². The van der Waals surface area contributed by atoms with E-state index in [2.05, 4.69) is 30.3 Å². The van der Waals surface area contributed by atoms with E-state index in [4.69, 9.17) is 10.5 Å². The minimum absolute atomic E-state index is 0.184. The predicted octanol–water partition coefficient (Wildman–Crippen LogP) is 3.64. The van der Waals surface area contributed by atoms with Crippen molar-refractivity contribution in [2.24, 2.45) is 5.73 Å².